The minimum Gasteiger partial charge on any atom is -0.423 e. The highest BCUT2D eigenvalue weighted by Crippen LogP contribution is 2.29. The fraction of sp³-hybridized carbons (Fsp3) is 0.103. The summed E-state index contributed by atoms with van der Waals surface area (Å²) in [5, 5.41) is 8.84. The van der Waals surface area contributed by atoms with Gasteiger partial charge in [0.1, 0.15) is 17.4 Å². The van der Waals surface area contributed by atoms with E-state index >= 15 is 0 Å². The van der Waals surface area contributed by atoms with Crippen molar-refractivity contribution in [1.82, 2.24) is 0 Å². The average Bonchev–Trinajstić information content (AvgIpc) is 2.87. The molecule has 0 aromatic heterocycles. The molecule has 168 valence electrons. The molecule has 5 heteroatoms. The summed E-state index contributed by atoms with van der Waals surface area (Å²) in [4.78, 5) is 12.4. The number of hydrogen-bond donors (Lipinski definition) is 0. The van der Waals surface area contributed by atoms with Crippen LogP contribution in [0.4, 0.5) is 8.78 Å². The van der Waals surface area contributed by atoms with Gasteiger partial charge in [0.15, 0.2) is 0 Å². The molecule has 4 rings (SSSR count). The molecule has 0 saturated carbocycles. The van der Waals surface area contributed by atoms with Crippen LogP contribution in [0.2, 0.25) is 0 Å². The number of rotatable bonds is 6. The van der Waals surface area contributed by atoms with E-state index in [1.165, 1.54) is 24.3 Å². The van der Waals surface area contributed by atoms with Gasteiger partial charge in [-0.05, 0) is 77.6 Å². The third-order valence-corrected chi connectivity index (χ3v) is 5.67. The van der Waals surface area contributed by atoms with E-state index in [1.807, 2.05) is 43.3 Å². The van der Waals surface area contributed by atoms with Gasteiger partial charge >= 0.3 is 5.97 Å². The molecule has 0 unspecified atom stereocenters. The third kappa shape index (κ3) is 5.19. The number of nitrogens with zero attached hydrogens (tertiary/aromatic N) is 1. The molecule has 0 aliphatic rings. The first-order valence-electron chi connectivity index (χ1n) is 10.8. The van der Waals surface area contributed by atoms with Crippen LogP contribution in [0.5, 0.6) is 5.75 Å². The number of hydrogen-bond acceptors (Lipinski definition) is 3. The summed E-state index contributed by atoms with van der Waals surface area (Å²) in [5.41, 5.74) is 2.80. The molecule has 0 fully saturated rings. The molecule has 0 spiro atoms. The van der Waals surface area contributed by atoms with Gasteiger partial charge < -0.3 is 4.74 Å². The Morgan fingerprint density at radius 3 is 2.09 bits per heavy atom. The number of carbonyl (C=O) groups excluding carboxylic acids is 1. The number of benzene rings is 4. The van der Waals surface area contributed by atoms with E-state index in [2.05, 4.69) is 0 Å². The molecule has 0 heterocycles. The smallest absolute Gasteiger partial charge is 0.343 e. The predicted octanol–water partition coefficient (Wildman–Crippen LogP) is 7.07. The van der Waals surface area contributed by atoms with E-state index in [0.29, 0.717) is 28.0 Å². The van der Waals surface area contributed by atoms with Crippen LogP contribution in [0.15, 0.2) is 91.0 Å². The molecule has 34 heavy (non-hydrogen) atoms. The molecule has 3 nitrogen and oxygen atoms in total. The highest BCUT2D eigenvalue weighted by atomic mass is 19.1. The van der Waals surface area contributed by atoms with Crippen molar-refractivity contribution in [3.63, 3.8) is 0 Å². The van der Waals surface area contributed by atoms with Crippen molar-refractivity contribution in [3.8, 4) is 22.9 Å². The van der Waals surface area contributed by atoms with E-state index < -0.39 is 17.6 Å². The summed E-state index contributed by atoms with van der Waals surface area (Å²) in [6.45, 7) is 1.94. The second kappa shape index (κ2) is 10.1. The van der Waals surface area contributed by atoms with Gasteiger partial charge in [-0.1, -0.05) is 49.4 Å². The van der Waals surface area contributed by atoms with Gasteiger partial charge in [-0.25, -0.2) is 13.6 Å². The average molecular weight is 453 g/mol. The van der Waals surface area contributed by atoms with Gasteiger partial charge in [-0.3, -0.25) is 0 Å². The summed E-state index contributed by atoms with van der Waals surface area (Å²) in [5.74, 6) is -1.47. The Morgan fingerprint density at radius 2 is 1.50 bits per heavy atom. The van der Waals surface area contributed by atoms with Gasteiger partial charge in [0.25, 0.3) is 0 Å². The van der Waals surface area contributed by atoms with Gasteiger partial charge in [-0.15, -0.1) is 0 Å². The molecule has 4 aromatic rings. The molecule has 0 bridgehead atoms. The Bertz CT molecular complexity index is 1320. The minimum atomic E-state index is -0.595. The maximum atomic E-state index is 14.8. The molecule has 0 saturated heterocycles. The summed E-state index contributed by atoms with van der Waals surface area (Å²) >= 11 is 0. The highest BCUT2D eigenvalue weighted by Gasteiger charge is 2.17. The van der Waals surface area contributed by atoms with Crippen molar-refractivity contribution in [2.45, 2.75) is 19.3 Å². The Balaban J connectivity index is 1.48. The number of halogens is 2. The molecule has 1 atom stereocenters. The standard InChI is InChI=1S/C29H21F2NO2/c1-19(21-5-3-2-4-6-21)15-26-27(30)16-24(17-28(26)31)22-9-11-23(12-10-22)29(33)34-25-13-7-20(18-32)8-14-25/h2-14,16-17,19H,15H2,1H3/t19-/m0/s1. The fourth-order valence-electron chi connectivity index (χ4n) is 3.73. The lowest BCUT2D eigenvalue weighted by Crippen LogP contribution is -2.08. The van der Waals surface area contributed by atoms with Crippen LogP contribution >= 0.6 is 0 Å². The Hall–Kier alpha value is -4.30. The van der Waals surface area contributed by atoms with E-state index in [-0.39, 0.29) is 17.9 Å². The normalized spacial score (nSPS) is 11.5. The molecule has 4 aromatic carbocycles. The molecule has 0 aliphatic heterocycles. The predicted molar refractivity (Wildman–Crippen MR) is 126 cm³/mol. The van der Waals surface area contributed by atoms with E-state index in [1.54, 1.807) is 36.4 Å². The van der Waals surface area contributed by atoms with E-state index in [4.69, 9.17) is 10.00 Å². The van der Waals surface area contributed by atoms with Crippen LogP contribution in [-0.4, -0.2) is 5.97 Å². The lowest BCUT2D eigenvalue weighted by atomic mass is 9.92. The largest absolute Gasteiger partial charge is 0.423 e. The molecular weight excluding hydrogens is 432 g/mol. The second-order valence-electron chi connectivity index (χ2n) is 8.04. The lowest BCUT2D eigenvalue weighted by molar-refractivity contribution is 0.0735. The zero-order valence-electron chi connectivity index (χ0n) is 18.5. The summed E-state index contributed by atoms with van der Waals surface area (Å²) in [6, 6.07) is 26.8. The maximum absolute atomic E-state index is 14.8. The van der Waals surface area contributed by atoms with Crippen molar-refractivity contribution in [3.05, 3.63) is 125 Å². The quantitative estimate of drug-likeness (QED) is 0.232. The van der Waals surface area contributed by atoms with Crippen molar-refractivity contribution in [2.24, 2.45) is 0 Å². The Labute approximate surface area is 196 Å². The zero-order valence-corrected chi connectivity index (χ0v) is 18.5. The van der Waals surface area contributed by atoms with Gasteiger partial charge in [-0.2, -0.15) is 5.26 Å². The van der Waals surface area contributed by atoms with E-state index in [9.17, 15) is 13.6 Å². The van der Waals surface area contributed by atoms with Crippen LogP contribution in [-0.2, 0) is 6.42 Å². The maximum Gasteiger partial charge on any atom is 0.343 e. The fourth-order valence-corrected chi connectivity index (χ4v) is 3.73. The zero-order chi connectivity index (χ0) is 24.1. The number of carbonyl (C=O) groups is 1. The minimum absolute atomic E-state index is 0.0301. The van der Waals surface area contributed by atoms with Crippen LogP contribution in [0.25, 0.3) is 11.1 Å². The molecule has 0 N–H and O–H groups in total. The SMILES string of the molecule is C[C@@H](Cc1c(F)cc(-c2ccc(C(=O)Oc3ccc(C#N)cc3)cc2)cc1F)c1ccccc1. The van der Waals surface area contributed by atoms with Crippen LogP contribution < -0.4 is 4.74 Å². The van der Waals surface area contributed by atoms with Gasteiger partial charge in [0.05, 0.1) is 17.2 Å². The van der Waals surface area contributed by atoms with Crippen molar-refractivity contribution >= 4 is 5.97 Å². The van der Waals surface area contributed by atoms with Crippen LogP contribution in [0.1, 0.15) is 39.9 Å². The summed E-state index contributed by atoms with van der Waals surface area (Å²) in [7, 11) is 0. The second-order valence-corrected chi connectivity index (χ2v) is 8.04. The van der Waals surface area contributed by atoms with Crippen LogP contribution in [0.3, 0.4) is 0 Å². The van der Waals surface area contributed by atoms with E-state index in [0.717, 1.165) is 5.56 Å². The first-order valence-corrected chi connectivity index (χ1v) is 10.8. The van der Waals surface area contributed by atoms with Gasteiger partial charge in [0.2, 0.25) is 0 Å². The van der Waals surface area contributed by atoms with Gasteiger partial charge in [0, 0.05) is 5.56 Å². The van der Waals surface area contributed by atoms with Crippen molar-refractivity contribution in [1.29, 1.82) is 5.26 Å². The first kappa shape index (κ1) is 22.9. The summed E-state index contributed by atoms with van der Waals surface area (Å²) < 4.78 is 35.0. The number of ether oxygens (including phenoxy) is 1. The highest BCUT2D eigenvalue weighted by molar-refractivity contribution is 5.91. The first-order chi connectivity index (χ1) is 16.4. The van der Waals surface area contributed by atoms with Crippen molar-refractivity contribution < 1.29 is 18.3 Å². The molecular formula is C29H21F2NO2. The molecule has 0 amide bonds. The van der Waals surface area contributed by atoms with Crippen LogP contribution in [0, 0.1) is 23.0 Å². The molecule has 0 aliphatic carbocycles. The Morgan fingerprint density at radius 1 is 0.882 bits per heavy atom. The molecule has 0 radical (unpaired) electrons. The Kier molecular flexibility index (Phi) is 6.79. The number of nitriles is 1. The summed E-state index contributed by atoms with van der Waals surface area (Å²) in [6.07, 6.45) is 0.252. The monoisotopic (exact) mass is 453 g/mol. The lowest BCUT2D eigenvalue weighted by Gasteiger charge is -2.14. The van der Waals surface area contributed by atoms with Crippen molar-refractivity contribution in [2.75, 3.05) is 0 Å². The third-order valence-electron chi connectivity index (χ3n) is 5.67. The topological polar surface area (TPSA) is 50.1 Å². The number of esters is 1.